The predicted molar refractivity (Wildman–Crippen MR) is 104 cm³/mol. The molecular formula is C19H22N2O2S2. The number of nitrogens with zero attached hydrogens (tertiary/aromatic N) is 1. The first kappa shape index (κ1) is 18.0. The molecule has 3 rings (SSSR count). The molecule has 2 heterocycles. The lowest BCUT2D eigenvalue weighted by molar-refractivity contribution is -0.126. The zero-order chi connectivity index (χ0) is 17.8. The monoisotopic (exact) mass is 374 g/mol. The van der Waals surface area contributed by atoms with E-state index in [1.54, 1.807) is 28.0 Å². The third-order valence-corrected chi connectivity index (χ3v) is 6.15. The number of hydrogen-bond acceptors (Lipinski definition) is 4. The van der Waals surface area contributed by atoms with Crippen molar-refractivity contribution in [1.82, 2.24) is 10.2 Å². The number of thioether (sulfide) groups is 1. The maximum Gasteiger partial charge on any atom is 0.255 e. The minimum atomic E-state index is -0.435. The molecule has 1 N–H and O–H groups in total. The van der Waals surface area contributed by atoms with Crippen LogP contribution in [-0.4, -0.2) is 34.8 Å². The second-order valence-electron chi connectivity index (χ2n) is 6.13. The highest BCUT2D eigenvalue weighted by atomic mass is 32.2. The Kier molecular flexibility index (Phi) is 5.81. The van der Waals surface area contributed by atoms with E-state index in [0.717, 1.165) is 21.8 Å². The summed E-state index contributed by atoms with van der Waals surface area (Å²) in [5.41, 5.74) is 1.72. The van der Waals surface area contributed by atoms with E-state index < -0.39 is 6.04 Å². The van der Waals surface area contributed by atoms with Crippen molar-refractivity contribution in [3.63, 3.8) is 0 Å². The molecule has 6 heteroatoms. The van der Waals surface area contributed by atoms with Gasteiger partial charge in [-0.3, -0.25) is 9.59 Å². The summed E-state index contributed by atoms with van der Waals surface area (Å²) in [5, 5.41) is 5.09. The zero-order valence-electron chi connectivity index (χ0n) is 14.4. The molecule has 1 aliphatic heterocycles. The summed E-state index contributed by atoms with van der Waals surface area (Å²) in [4.78, 5) is 28.5. The Morgan fingerprint density at radius 2 is 2.12 bits per heavy atom. The summed E-state index contributed by atoms with van der Waals surface area (Å²) in [6.07, 6.45) is 2.67. The van der Waals surface area contributed by atoms with Crippen LogP contribution in [0.5, 0.6) is 0 Å². The molecule has 4 nitrogen and oxygen atoms in total. The Bertz CT molecular complexity index is 746. The average Bonchev–Trinajstić information content (AvgIpc) is 3.25. The summed E-state index contributed by atoms with van der Waals surface area (Å²) < 4.78 is 0. The number of hydrogen-bond donors (Lipinski definition) is 1. The van der Waals surface area contributed by atoms with Crippen molar-refractivity contribution in [2.24, 2.45) is 0 Å². The average molecular weight is 375 g/mol. The van der Waals surface area contributed by atoms with Crippen LogP contribution in [0.2, 0.25) is 0 Å². The summed E-state index contributed by atoms with van der Waals surface area (Å²) in [5.74, 6) is 0.725. The largest absolute Gasteiger partial charge is 0.347 e. The van der Waals surface area contributed by atoms with Crippen LogP contribution in [0.25, 0.3) is 0 Å². The third kappa shape index (κ3) is 3.90. The van der Waals surface area contributed by atoms with Crippen molar-refractivity contribution >= 4 is 34.9 Å². The van der Waals surface area contributed by atoms with Crippen LogP contribution in [0.4, 0.5) is 0 Å². The fourth-order valence-electron chi connectivity index (χ4n) is 3.10. The summed E-state index contributed by atoms with van der Waals surface area (Å²) in [7, 11) is 0. The molecule has 1 aromatic carbocycles. The molecule has 0 aliphatic carbocycles. The van der Waals surface area contributed by atoms with Crippen molar-refractivity contribution in [2.45, 2.75) is 32.0 Å². The number of amides is 2. The van der Waals surface area contributed by atoms with Gasteiger partial charge in [-0.1, -0.05) is 24.3 Å². The van der Waals surface area contributed by atoms with E-state index >= 15 is 0 Å². The molecule has 0 saturated heterocycles. The maximum absolute atomic E-state index is 12.9. The number of carbonyl (C=O) groups excluding carboxylic acids is 2. The van der Waals surface area contributed by atoms with Gasteiger partial charge in [-0.2, -0.15) is 11.8 Å². The van der Waals surface area contributed by atoms with Gasteiger partial charge in [0.05, 0.1) is 6.04 Å². The lowest BCUT2D eigenvalue weighted by Crippen LogP contribution is -2.47. The highest BCUT2D eigenvalue weighted by Gasteiger charge is 2.36. The van der Waals surface area contributed by atoms with Gasteiger partial charge in [-0.05, 0) is 48.4 Å². The molecule has 132 valence electrons. The Hall–Kier alpha value is -1.79. The van der Waals surface area contributed by atoms with Crippen LogP contribution < -0.4 is 5.32 Å². The zero-order valence-corrected chi connectivity index (χ0v) is 16.0. The second-order valence-corrected chi connectivity index (χ2v) is 8.10. The van der Waals surface area contributed by atoms with E-state index in [1.165, 1.54) is 0 Å². The van der Waals surface area contributed by atoms with Crippen molar-refractivity contribution in [2.75, 3.05) is 12.0 Å². The third-order valence-electron chi connectivity index (χ3n) is 4.45. The molecule has 0 fully saturated rings. The van der Waals surface area contributed by atoms with Gasteiger partial charge in [-0.15, -0.1) is 11.3 Å². The van der Waals surface area contributed by atoms with E-state index in [9.17, 15) is 9.59 Å². The van der Waals surface area contributed by atoms with Gasteiger partial charge in [-0.25, -0.2) is 0 Å². The summed E-state index contributed by atoms with van der Waals surface area (Å²) >= 11 is 3.32. The first-order valence-electron chi connectivity index (χ1n) is 8.33. The SMILES string of the molecule is CSCCC(C(=O)NC(C)c1cccs1)N1Cc2ccccc2C1=O. The smallest absolute Gasteiger partial charge is 0.255 e. The Morgan fingerprint density at radius 3 is 2.80 bits per heavy atom. The quantitative estimate of drug-likeness (QED) is 0.804. The van der Waals surface area contributed by atoms with E-state index in [4.69, 9.17) is 0 Å². The lowest BCUT2D eigenvalue weighted by atomic mass is 10.1. The van der Waals surface area contributed by atoms with Crippen molar-refractivity contribution < 1.29 is 9.59 Å². The van der Waals surface area contributed by atoms with E-state index in [1.807, 2.05) is 55.0 Å². The minimum absolute atomic E-state index is 0.0411. The van der Waals surface area contributed by atoms with Crippen molar-refractivity contribution in [3.8, 4) is 0 Å². The van der Waals surface area contributed by atoms with Crippen LogP contribution in [-0.2, 0) is 11.3 Å². The first-order valence-corrected chi connectivity index (χ1v) is 10.6. The normalized spacial score (nSPS) is 15.8. The molecule has 0 saturated carbocycles. The molecule has 0 spiro atoms. The standard InChI is InChI=1S/C19H22N2O2S2/c1-13(17-8-5-10-25-17)20-18(22)16(9-11-24-2)21-12-14-6-3-4-7-15(14)19(21)23/h3-8,10,13,16H,9,11-12H2,1-2H3,(H,20,22). The first-order chi connectivity index (χ1) is 12.1. The van der Waals surface area contributed by atoms with Crippen LogP contribution in [0.1, 0.15) is 40.2 Å². The van der Waals surface area contributed by atoms with Gasteiger partial charge < -0.3 is 10.2 Å². The number of fused-ring (bicyclic) bond motifs is 1. The number of benzene rings is 1. The van der Waals surface area contributed by atoms with Crippen LogP contribution in [0.3, 0.4) is 0 Å². The minimum Gasteiger partial charge on any atom is -0.347 e. The Balaban J connectivity index is 1.76. The molecule has 0 bridgehead atoms. The van der Waals surface area contributed by atoms with Crippen LogP contribution in [0.15, 0.2) is 41.8 Å². The molecule has 2 atom stereocenters. The predicted octanol–water partition coefficient (Wildman–Crippen LogP) is 3.70. The van der Waals surface area contributed by atoms with Gasteiger partial charge in [0, 0.05) is 17.0 Å². The Morgan fingerprint density at radius 1 is 1.32 bits per heavy atom. The highest BCUT2D eigenvalue weighted by Crippen LogP contribution is 2.27. The van der Waals surface area contributed by atoms with Gasteiger partial charge in [0.1, 0.15) is 6.04 Å². The number of rotatable bonds is 7. The van der Waals surface area contributed by atoms with E-state index in [-0.39, 0.29) is 17.9 Å². The van der Waals surface area contributed by atoms with Gasteiger partial charge in [0.15, 0.2) is 0 Å². The van der Waals surface area contributed by atoms with Gasteiger partial charge in [0.25, 0.3) is 5.91 Å². The summed E-state index contributed by atoms with van der Waals surface area (Å²) in [6, 6.07) is 11.1. The number of carbonyl (C=O) groups is 2. The summed E-state index contributed by atoms with van der Waals surface area (Å²) in [6.45, 7) is 2.49. The molecule has 2 aromatic rings. The molecule has 25 heavy (non-hydrogen) atoms. The van der Waals surface area contributed by atoms with Crippen molar-refractivity contribution in [1.29, 1.82) is 0 Å². The highest BCUT2D eigenvalue weighted by molar-refractivity contribution is 7.98. The van der Waals surface area contributed by atoms with E-state index in [2.05, 4.69) is 5.32 Å². The second kappa shape index (κ2) is 8.06. The fourth-order valence-corrected chi connectivity index (χ4v) is 4.30. The molecule has 2 unspecified atom stereocenters. The van der Waals surface area contributed by atoms with E-state index in [0.29, 0.717) is 13.0 Å². The number of nitrogens with one attached hydrogen (secondary N) is 1. The topological polar surface area (TPSA) is 49.4 Å². The molecule has 1 aliphatic rings. The Labute approximate surface area is 156 Å². The van der Waals surface area contributed by atoms with Crippen molar-refractivity contribution in [3.05, 3.63) is 57.8 Å². The van der Waals surface area contributed by atoms with Gasteiger partial charge in [0.2, 0.25) is 5.91 Å². The maximum atomic E-state index is 12.9. The van der Waals surface area contributed by atoms with Gasteiger partial charge >= 0.3 is 0 Å². The lowest BCUT2D eigenvalue weighted by Gasteiger charge is -2.28. The van der Waals surface area contributed by atoms with Crippen LogP contribution >= 0.6 is 23.1 Å². The molecular weight excluding hydrogens is 352 g/mol. The molecule has 0 radical (unpaired) electrons. The number of thiophene rings is 1. The fraction of sp³-hybridized carbons (Fsp3) is 0.368. The molecule has 1 aromatic heterocycles. The van der Waals surface area contributed by atoms with Crippen LogP contribution in [0, 0.1) is 0 Å². The molecule has 2 amide bonds.